The van der Waals surface area contributed by atoms with Gasteiger partial charge in [0.25, 0.3) is 0 Å². The molecule has 0 aliphatic heterocycles. The lowest BCUT2D eigenvalue weighted by atomic mass is 10.2. The number of rotatable bonds is 2. The van der Waals surface area contributed by atoms with E-state index in [0.29, 0.717) is 11.4 Å². The molecule has 0 saturated heterocycles. The SMILES string of the molecule is CNc1ncc(I)cc1C(=O)OC(C)(C)C. The van der Waals surface area contributed by atoms with E-state index in [2.05, 4.69) is 32.9 Å². The van der Waals surface area contributed by atoms with Gasteiger partial charge in [-0.25, -0.2) is 9.78 Å². The molecule has 0 spiro atoms. The molecule has 1 aromatic heterocycles. The highest BCUT2D eigenvalue weighted by atomic mass is 127. The van der Waals surface area contributed by atoms with Crippen LogP contribution in [0, 0.1) is 3.57 Å². The summed E-state index contributed by atoms with van der Waals surface area (Å²) in [6.45, 7) is 5.52. The molecule has 0 radical (unpaired) electrons. The van der Waals surface area contributed by atoms with Crippen molar-refractivity contribution in [3.8, 4) is 0 Å². The monoisotopic (exact) mass is 334 g/mol. The van der Waals surface area contributed by atoms with Gasteiger partial charge in [-0.3, -0.25) is 0 Å². The number of nitrogens with one attached hydrogen (secondary N) is 1. The van der Waals surface area contributed by atoms with Gasteiger partial charge in [0.2, 0.25) is 0 Å². The summed E-state index contributed by atoms with van der Waals surface area (Å²) in [6, 6.07) is 1.76. The van der Waals surface area contributed by atoms with Crippen molar-refractivity contribution in [2.75, 3.05) is 12.4 Å². The van der Waals surface area contributed by atoms with E-state index >= 15 is 0 Å². The summed E-state index contributed by atoms with van der Waals surface area (Å²) in [4.78, 5) is 16.0. The molecule has 0 aromatic carbocycles. The van der Waals surface area contributed by atoms with E-state index in [1.165, 1.54) is 0 Å². The van der Waals surface area contributed by atoms with Gasteiger partial charge in [-0.05, 0) is 49.4 Å². The second-order valence-electron chi connectivity index (χ2n) is 4.30. The van der Waals surface area contributed by atoms with Crippen molar-refractivity contribution >= 4 is 34.4 Å². The summed E-state index contributed by atoms with van der Waals surface area (Å²) in [5.74, 6) is 0.178. The molecule has 0 aliphatic rings. The molecule has 1 N–H and O–H groups in total. The molecular formula is C11H15IN2O2. The van der Waals surface area contributed by atoms with Gasteiger partial charge in [0.1, 0.15) is 17.0 Å². The fraction of sp³-hybridized carbons (Fsp3) is 0.455. The van der Waals surface area contributed by atoms with Crippen LogP contribution in [0.25, 0.3) is 0 Å². The number of aromatic nitrogens is 1. The second kappa shape index (κ2) is 4.99. The maximum atomic E-state index is 11.9. The molecule has 0 fully saturated rings. The standard InChI is InChI=1S/C11H15IN2O2/c1-11(2,3)16-10(15)8-5-7(12)6-14-9(8)13-4/h5-6H,1-4H3,(H,13,14). The first kappa shape index (κ1) is 13.2. The summed E-state index contributed by atoms with van der Waals surface area (Å²) in [5, 5.41) is 2.87. The second-order valence-corrected chi connectivity index (χ2v) is 5.55. The van der Waals surface area contributed by atoms with Crippen LogP contribution in [-0.4, -0.2) is 23.6 Å². The van der Waals surface area contributed by atoms with Crippen molar-refractivity contribution in [2.45, 2.75) is 26.4 Å². The van der Waals surface area contributed by atoms with Gasteiger partial charge in [-0.2, -0.15) is 0 Å². The summed E-state index contributed by atoms with van der Waals surface area (Å²) in [6.07, 6.45) is 1.69. The normalized spacial score (nSPS) is 11.1. The number of anilines is 1. The van der Waals surface area contributed by atoms with Crippen LogP contribution in [0.2, 0.25) is 0 Å². The summed E-state index contributed by atoms with van der Waals surface area (Å²) in [5.41, 5.74) is -0.0343. The fourth-order valence-corrected chi connectivity index (χ4v) is 1.58. The zero-order valence-corrected chi connectivity index (χ0v) is 12.0. The number of hydrogen-bond acceptors (Lipinski definition) is 4. The van der Waals surface area contributed by atoms with E-state index in [-0.39, 0.29) is 5.97 Å². The molecule has 0 bridgehead atoms. The first-order chi connectivity index (χ1) is 7.33. The van der Waals surface area contributed by atoms with Crippen molar-refractivity contribution in [2.24, 2.45) is 0 Å². The Balaban J connectivity index is 3.02. The molecule has 1 aromatic rings. The Kier molecular flexibility index (Phi) is 4.12. The summed E-state index contributed by atoms with van der Waals surface area (Å²) < 4.78 is 6.20. The molecule has 1 heterocycles. The zero-order chi connectivity index (χ0) is 12.3. The van der Waals surface area contributed by atoms with Crippen molar-refractivity contribution in [1.82, 2.24) is 4.98 Å². The number of hydrogen-bond donors (Lipinski definition) is 1. The van der Waals surface area contributed by atoms with Crippen molar-refractivity contribution in [1.29, 1.82) is 0 Å². The largest absolute Gasteiger partial charge is 0.456 e. The van der Waals surface area contributed by atoms with Gasteiger partial charge >= 0.3 is 5.97 Å². The third-order valence-corrected chi connectivity index (χ3v) is 2.30. The van der Waals surface area contributed by atoms with Crippen LogP contribution in [0.1, 0.15) is 31.1 Å². The van der Waals surface area contributed by atoms with Crippen LogP contribution < -0.4 is 5.32 Å². The molecule has 0 aliphatic carbocycles. The first-order valence-electron chi connectivity index (χ1n) is 4.90. The predicted molar refractivity (Wildman–Crippen MR) is 71.7 cm³/mol. The average Bonchev–Trinajstić information content (AvgIpc) is 2.15. The van der Waals surface area contributed by atoms with Crippen LogP contribution in [-0.2, 0) is 4.74 Å². The average molecular weight is 334 g/mol. The third-order valence-electron chi connectivity index (χ3n) is 1.71. The van der Waals surface area contributed by atoms with Crippen LogP contribution in [0.3, 0.4) is 0 Å². The molecule has 4 nitrogen and oxygen atoms in total. The lowest BCUT2D eigenvalue weighted by Gasteiger charge is -2.20. The van der Waals surface area contributed by atoms with Crippen molar-refractivity contribution < 1.29 is 9.53 Å². The highest BCUT2D eigenvalue weighted by Crippen LogP contribution is 2.19. The smallest absolute Gasteiger partial charge is 0.342 e. The molecule has 1 rings (SSSR count). The highest BCUT2D eigenvalue weighted by molar-refractivity contribution is 14.1. The Labute approximate surface area is 109 Å². The third kappa shape index (κ3) is 3.62. The molecule has 0 saturated carbocycles. The number of carbonyl (C=O) groups is 1. The molecule has 0 amide bonds. The molecule has 5 heteroatoms. The highest BCUT2D eigenvalue weighted by Gasteiger charge is 2.20. The summed E-state index contributed by atoms with van der Waals surface area (Å²) in [7, 11) is 1.73. The molecule has 0 atom stereocenters. The molecule has 0 unspecified atom stereocenters. The quantitative estimate of drug-likeness (QED) is 0.667. The van der Waals surface area contributed by atoms with E-state index in [0.717, 1.165) is 3.57 Å². The first-order valence-corrected chi connectivity index (χ1v) is 5.98. The minimum absolute atomic E-state index is 0.358. The Morgan fingerprint density at radius 3 is 2.62 bits per heavy atom. The van der Waals surface area contributed by atoms with E-state index in [1.807, 2.05) is 20.8 Å². The van der Waals surface area contributed by atoms with Gasteiger partial charge in [-0.1, -0.05) is 0 Å². The topological polar surface area (TPSA) is 51.2 Å². The maximum Gasteiger partial charge on any atom is 0.342 e. The van der Waals surface area contributed by atoms with Crippen LogP contribution in [0.5, 0.6) is 0 Å². The number of pyridine rings is 1. The van der Waals surface area contributed by atoms with Crippen LogP contribution in [0.15, 0.2) is 12.3 Å². The van der Waals surface area contributed by atoms with Gasteiger partial charge in [0.15, 0.2) is 0 Å². The lowest BCUT2D eigenvalue weighted by molar-refractivity contribution is 0.00702. The van der Waals surface area contributed by atoms with E-state index < -0.39 is 5.60 Å². The van der Waals surface area contributed by atoms with E-state index in [1.54, 1.807) is 19.3 Å². The number of carbonyl (C=O) groups excluding carboxylic acids is 1. The molecular weight excluding hydrogens is 319 g/mol. The van der Waals surface area contributed by atoms with Gasteiger partial charge in [-0.15, -0.1) is 0 Å². The van der Waals surface area contributed by atoms with E-state index in [9.17, 15) is 4.79 Å². The van der Waals surface area contributed by atoms with Crippen molar-refractivity contribution in [3.05, 3.63) is 21.4 Å². The van der Waals surface area contributed by atoms with Gasteiger partial charge < -0.3 is 10.1 Å². The summed E-state index contributed by atoms with van der Waals surface area (Å²) >= 11 is 2.11. The number of esters is 1. The minimum Gasteiger partial charge on any atom is -0.456 e. The van der Waals surface area contributed by atoms with E-state index in [4.69, 9.17) is 4.74 Å². The van der Waals surface area contributed by atoms with Crippen molar-refractivity contribution in [3.63, 3.8) is 0 Å². The lowest BCUT2D eigenvalue weighted by Crippen LogP contribution is -2.24. The van der Waals surface area contributed by atoms with Gasteiger partial charge in [0, 0.05) is 16.8 Å². The number of halogens is 1. The Hall–Kier alpha value is -0.850. The van der Waals surface area contributed by atoms with Gasteiger partial charge in [0.05, 0.1) is 0 Å². The van der Waals surface area contributed by atoms with Crippen LogP contribution >= 0.6 is 22.6 Å². The molecule has 16 heavy (non-hydrogen) atoms. The molecule has 88 valence electrons. The Morgan fingerprint density at radius 2 is 2.12 bits per heavy atom. The zero-order valence-electron chi connectivity index (χ0n) is 9.80. The number of ether oxygens (including phenoxy) is 1. The Morgan fingerprint density at radius 1 is 1.50 bits per heavy atom. The maximum absolute atomic E-state index is 11.9. The number of nitrogens with zero attached hydrogens (tertiary/aromatic N) is 1. The minimum atomic E-state index is -0.497. The fourth-order valence-electron chi connectivity index (χ4n) is 1.13. The Bertz CT molecular complexity index is 399. The van der Waals surface area contributed by atoms with Crippen LogP contribution in [0.4, 0.5) is 5.82 Å². The predicted octanol–water partition coefficient (Wildman–Crippen LogP) is 2.68.